The highest BCUT2D eigenvalue weighted by Gasteiger charge is 2.35. The molecular formula is C46H63N7O7. The topological polar surface area (TPSA) is 224 Å². The van der Waals surface area contributed by atoms with Crippen molar-refractivity contribution < 1.29 is 34.5 Å². The van der Waals surface area contributed by atoms with Crippen molar-refractivity contribution in [2.45, 2.75) is 115 Å². The molecule has 5 atom stereocenters. The average Bonchev–Trinajstić information content (AvgIpc) is 3.78. The number of nitrogens with two attached hydrogens (primary N) is 1. The van der Waals surface area contributed by atoms with Gasteiger partial charge in [-0.2, -0.15) is 0 Å². The van der Waals surface area contributed by atoms with Gasteiger partial charge in [-0.15, -0.1) is 0 Å². The number of fused-ring (bicyclic) bond motifs is 1. The summed E-state index contributed by atoms with van der Waals surface area (Å²) in [5.41, 5.74) is 8.32. The molecule has 2 aliphatic rings. The molecule has 0 radical (unpaired) electrons. The van der Waals surface area contributed by atoms with E-state index in [-0.39, 0.29) is 25.2 Å². The predicted molar refractivity (Wildman–Crippen MR) is 229 cm³/mol. The molecule has 8 N–H and O–H groups in total. The highest BCUT2D eigenvalue weighted by Crippen LogP contribution is 2.29. The number of nitrogens with zero attached hydrogens (tertiary/aromatic N) is 3. The Hall–Kier alpha value is -5.18. The summed E-state index contributed by atoms with van der Waals surface area (Å²) in [6, 6.07) is 17.8. The Morgan fingerprint density at radius 1 is 0.883 bits per heavy atom. The SMILES string of the molecule is CC(=O)O.NCC1CCN(C(=O)C[C@@H](Cc2cccc3ccccc23)C(=O)N[C@@H](Cc2cnc[nH]2)C(=O)N[C@@H](CC2CCCCC2)[C@@H](O)[C@@H](O)CCc2ccccn2)CC1. The normalized spacial score (nSPS) is 17.4. The molecule has 4 aromatic rings. The quantitative estimate of drug-likeness (QED) is 0.0752. The number of aliphatic hydroxyl groups excluding tert-OH is 2. The van der Waals surface area contributed by atoms with E-state index in [9.17, 15) is 24.6 Å². The number of imidazole rings is 1. The van der Waals surface area contributed by atoms with E-state index in [2.05, 4.69) is 25.6 Å². The first-order valence-electron chi connectivity index (χ1n) is 21.5. The summed E-state index contributed by atoms with van der Waals surface area (Å²) in [7, 11) is 0. The number of hydrogen-bond donors (Lipinski definition) is 7. The number of H-pyrrole nitrogens is 1. The third-order valence-corrected chi connectivity index (χ3v) is 11.9. The number of aliphatic hydroxyl groups is 2. The number of amides is 3. The Kier molecular flexibility index (Phi) is 18.0. The van der Waals surface area contributed by atoms with Crippen LogP contribution >= 0.6 is 0 Å². The van der Waals surface area contributed by atoms with Crippen molar-refractivity contribution in [3.05, 3.63) is 96.3 Å². The zero-order valence-corrected chi connectivity index (χ0v) is 34.8. The fourth-order valence-corrected chi connectivity index (χ4v) is 8.50. The number of aromatic nitrogens is 3. The van der Waals surface area contributed by atoms with Crippen LogP contribution in [-0.2, 0) is 38.4 Å². The Morgan fingerprint density at radius 3 is 2.28 bits per heavy atom. The number of aliphatic carboxylic acids is 1. The Bertz CT molecular complexity index is 1920. The van der Waals surface area contributed by atoms with Crippen LogP contribution in [-0.4, -0.2) is 103 Å². The lowest BCUT2D eigenvalue weighted by atomic mass is 9.82. The summed E-state index contributed by atoms with van der Waals surface area (Å²) in [5, 5.41) is 38.4. The van der Waals surface area contributed by atoms with Crippen LogP contribution in [0.4, 0.5) is 0 Å². The largest absolute Gasteiger partial charge is 0.481 e. The molecule has 0 bridgehead atoms. The van der Waals surface area contributed by atoms with E-state index in [0.29, 0.717) is 56.4 Å². The minimum absolute atomic E-state index is 0.00771. The lowest BCUT2D eigenvalue weighted by Crippen LogP contribution is -2.56. The second kappa shape index (κ2) is 23.6. The number of nitrogens with one attached hydrogen (secondary N) is 3. The van der Waals surface area contributed by atoms with E-state index in [4.69, 9.17) is 15.6 Å². The Labute approximate surface area is 352 Å². The molecule has 0 unspecified atom stereocenters. The molecule has 2 fully saturated rings. The van der Waals surface area contributed by atoms with Gasteiger partial charge in [-0.1, -0.05) is 80.6 Å². The van der Waals surface area contributed by atoms with Gasteiger partial charge in [0.25, 0.3) is 5.97 Å². The predicted octanol–water partition coefficient (Wildman–Crippen LogP) is 4.33. The van der Waals surface area contributed by atoms with Crippen molar-refractivity contribution in [2.24, 2.45) is 23.5 Å². The fourth-order valence-electron chi connectivity index (χ4n) is 8.50. The van der Waals surface area contributed by atoms with E-state index >= 15 is 0 Å². The first kappa shape index (κ1) is 45.9. The molecule has 0 spiro atoms. The van der Waals surface area contributed by atoms with Crippen molar-refractivity contribution in [1.82, 2.24) is 30.5 Å². The molecular weight excluding hydrogens is 763 g/mol. The van der Waals surface area contributed by atoms with Crippen molar-refractivity contribution in [1.29, 1.82) is 0 Å². The number of benzene rings is 2. The van der Waals surface area contributed by atoms with Gasteiger partial charge in [0, 0.05) is 56.6 Å². The Balaban J connectivity index is 0.00000163. The number of carbonyl (C=O) groups is 4. The molecule has 324 valence electrons. The molecule has 1 saturated carbocycles. The molecule has 60 heavy (non-hydrogen) atoms. The van der Waals surface area contributed by atoms with Gasteiger partial charge < -0.3 is 41.6 Å². The monoisotopic (exact) mass is 825 g/mol. The number of carboxylic acid groups (broad SMARTS) is 1. The molecule has 1 aliphatic carbocycles. The van der Waals surface area contributed by atoms with Gasteiger partial charge in [-0.3, -0.25) is 24.2 Å². The van der Waals surface area contributed by atoms with Crippen LogP contribution in [0.25, 0.3) is 10.8 Å². The number of likely N-dealkylation sites (tertiary alicyclic amines) is 1. The highest BCUT2D eigenvalue weighted by molar-refractivity contribution is 5.92. The maximum Gasteiger partial charge on any atom is 0.300 e. The maximum atomic E-state index is 14.5. The van der Waals surface area contributed by atoms with Crippen LogP contribution in [0.2, 0.25) is 0 Å². The highest BCUT2D eigenvalue weighted by atomic mass is 16.4. The number of piperidine rings is 1. The summed E-state index contributed by atoms with van der Waals surface area (Å²) in [6.45, 7) is 2.88. The first-order valence-corrected chi connectivity index (χ1v) is 21.5. The van der Waals surface area contributed by atoms with E-state index in [1.54, 1.807) is 12.4 Å². The second-order valence-corrected chi connectivity index (χ2v) is 16.4. The molecule has 2 aromatic carbocycles. The van der Waals surface area contributed by atoms with Crippen LogP contribution in [0.15, 0.2) is 79.4 Å². The van der Waals surface area contributed by atoms with Crippen molar-refractivity contribution >= 4 is 34.5 Å². The van der Waals surface area contributed by atoms with Crippen molar-refractivity contribution in [3.63, 3.8) is 0 Å². The van der Waals surface area contributed by atoms with Gasteiger partial charge in [-0.25, -0.2) is 4.98 Å². The summed E-state index contributed by atoms with van der Waals surface area (Å²) in [5.74, 6) is -1.87. The van der Waals surface area contributed by atoms with Crippen molar-refractivity contribution in [3.8, 4) is 0 Å². The third-order valence-electron chi connectivity index (χ3n) is 11.9. The molecule has 1 aliphatic heterocycles. The zero-order chi connectivity index (χ0) is 42.9. The summed E-state index contributed by atoms with van der Waals surface area (Å²) < 4.78 is 0. The number of carboxylic acids is 1. The number of rotatable bonds is 18. The number of aromatic amines is 1. The molecule has 14 nitrogen and oxygen atoms in total. The van der Waals surface area contributed by atoms with E-state index in [1.807, 2.05) is 65.6 Å². The standard InChI is InChI=1S/C44H59N7O5.C2H4O2/c45-27-31-18-21-51(22-19-31)41(53)25-34(24-33-13-8-12-32-11-4-5-15-37(32)33)43(55)50-39(26-36-28-46-29-48-36)44(56)49-38(23-30-9-2-1-3-10-30)42(54)40(52)17-16-35-14-6-7-20-47-35;1-2(3)4/h4-8,11-15,20,28-31,34,38-40,42,52,54H,1-3,9-10,16-19,21-27,45H2,(H,46,48)(H,49,56)(H,50,55);1H3,(H,3,4)/t34-,38+,39+,40+,42-;/m1./s1. The van der Waals surface area contributed by atoms with Crippen LogP contribution in [0.3, 0.4) is 0 Å². The van der Waals surface area contributed by atoms with Gasteiger partial charge in [0.1, 0.15) is 12.1 Å². The van der Waals surface area contributed by atoms with Gasteiger partial charge in [0.2, 0.25) is 17.7 Å². The third kappa shape index (κ3) is 14.2. The number of carbonyl (C=O) groups excluding carboxylic acids is 3. The van der Waals surface area contributed by atoms with Crippen LogP contribution in [0.1, 0.15) is 88.1 Å². The van der Waals surface area contributed by atoms with Crippen LogP contribution in [0.5, 0.6) is 0 Å². The van der Waals surface area contributed by atoms with E-state index < -0.39 is 48.0 Å². The number of aryl methyl sites for hydroxylation is 1. The molecule has 1 saturated heterocycles. The van der Waals surface area contributed by atoms with Crippen LogP contribution < -0.4 is 16.4 Å². The molecule has 3 amide bonds. The first-order chi connectivity index (χ1) is 29.0. The molecule has 2 aromatic heterocycles. The smallest absolute Gasteiger partial charge is 0.300 e. The van der Waals surface area contributed by atoms with Gasteiger partial charge in [0.15, 0.2) is 0 Å². The average molecular weight is 826 g/mol. The van der Waals surface area contributed by atoms with Gasteiger partial charge >= 0.3 is 0 Å². The van der Waals surface area contributed by atoms with E-state index in [0.717, 1.165) is 73.9 Å². The zero-order valence-electron chi connectivity index (χ0n) is 34.8. The second-order valence-electron chi connectivity index (χ2n) is 16.4. The molecule has 3 heterocycles. The lowest BCUT2D eigenvalue weighted by Gasteiger charge is -2.34. The van der Waals surface area contributed by atoms with Gasteiger partial charge in [0.05, 0.1) is 24.4 Å². The van der Waals surface area contributed by atoms with Crippen molar-refractivity contribution in [2.75, 3.05) is 19.6 Å². The molecule has 14 heteroatoms. The fraction of sp³-hybridized carbons (Fsp3) is 0.522. The summed E-state index contributed by atoms with van der Waals surface area (Å²) in [4.78, 5) is 65.1. The van der Waals surface area contributed by atoms with Crippen LogP contribution in [0, 0.1) is 17.8 Å². The Morgan fingerprint density at radius 2 is 1.60 bits per heavy atom. The summed E-state index contributed by atoms with van der Waals surface area (Å²) >= 11 is 0. The number of hydrogen-bond acceptors (Lipinski definition) is 9. The van der Waals surface area contributed by atoms with E-state index in [1.165, 1.54) is 6.33 Å². The van der Waals surface area contributed by atoms with Gasteiger partial charge in [-0.05, 0) is 85.4 Å². The minimum Gasteiger partial charge on any atom is -0.481 e. The maximum absolute atomic E-state index is 14.5. The summed E-state index contributed by atoms with van der Waals surface area (Å²) in [6.07, 6.45) is 11.2. The molecule has 6 rings (SSSR count). The minimum atomic E-state index is -1.23. The lowest BCUT2D eigenvalue weighted by molar-refractivity contribution is -0.138. The number of pyridine rings is 1.